The van der Waals surface area contributed by atoms with Crippen LogP contribution in [0.15, 0.2) is 18.6 Å². The summed E-state index contributed by atoms with van der Waals surface area (Å²) in [5.41, 5.74) is 7.00. The number of carbonyl (C=O) groups is 1. The molecule has 17 heavy (non-hydrogen) atoms. The number of hydrogen-bond acceptors (Lipinski definition) is 5. The van der Waals surface area contributed by atoms with Gasteiger partial charge in [0.25, 0.3) is 5.91 Å². The van der Waals surface area contributed by atoms with Gasteiger partial charge in [0.15, 0.2) is 0 Å². The lowest BCUT2D eigenvalue weighted by Gasteiger charge is -2.02. The Hall–Kier alpha value is -2.44. The summed E-state index contributed by atoms with van der Waals surface area (Å²) >= 11 is 0. The van der Waals surface area contributed by atoms with E-state index in [1.54, 1.807) is 24.9 Å². The summed E-state index contributed by atoms with van der Waals surface area (Å²) in [6.45, 7) is 1.81. The molecule has 1 amide bonds. The maximum atomic E-state index is 11.8. The molecule has 0 atom stereocenters. The van der Waals surface area contributed by atoms with E-state index in [-0.39, 0.29) is 17.4 Å². The van der Waals surface area contributed by atoms with Crippen molar-refractivity contribution in [2.75, 3.05) is 11.1 Å². The Morgan fingerprint density at radius 1 is 1.47 bits per heavy atom. The summed E-state index contributed by atoms with van der Waals surface area (Å²) in [6.07, 6.45) is 4.45. The SMILES string of the molecule is Cc1nn(C)cc1NC(=O)c1cncc(N)n1. The van der Waals surface area contributed by atoms with Crippen LogP contribution in [0.25, 0.3) is 0 Å². The highest BCUT2D eigenvalue weighted by Crippen LogP contribution is 2.12. The van der Waals surface area contributed by atoms with Crippen molar-refractivity contribution >= 4 is 17.4 Å². The lowest BCUT2D eigenvalue weighted by Crippen LogP contribution is -2.15. The molecule has 7 heteroatoms. The molecular weight excluding hydrogens is 220 g/mol. The molecule has 0 saturated heterocycles. The molecule has 0 aliphatic heterocycles. The normalized spacial score (nSPS) is 10.2. The Morgan fingerprint density at radius 2 is 2.24 bits per heavy atom. The Bertz CT molecular complexity index is 562. The molecule has 0 spiro atoms. The van der Waals surface area contributed by atoms with Crippen molar-refractivity contribution in [2.24, 2.45) is 7.05 Å². The Balaban J connectivity index is 2.20. The van der Waals surface area contributed by atoms with Crippen molar-refractivity contribution in [1.82, 2.24) is 19.7 Å². The van der Waals surface area contributed by atoms with Gasteiger partial charge in [0, 0.05) is 13.2 Å². The molecule has 0 fully saturated rings. The van der Waals surface area contributed by atoms with Gasteiger partial charge in [-0.2, -0.15) is 5.10 Å². The van der Waals surface area contributed by atoms with Crippen molar-refractivity contribution < 1.29 is 4.79 Å². The van der Waals surface area contributed by atoms with Crippen molar-refractivity contribution in [3.05, 3.63) is 30.0 Å². The monoisotopic (exact) mass is 232 g/mol. The number of nitrogens with two attached hydrogens (primary N) is 1. The van der Waals surface area contributed by atoms with E-state index in [4.69, 9.17) is 5.73 Å². The maximum Gasteiger partial charge on any atom is 0.276 e. The van der Waals surface area contributed by atoms with Crippen LogP contribution in [0.4, 0.5) is 11.5 Å². The molecule has 0 saturated carbocycles. The van der Waals surface area contributed by atoms with Crippen LogP contribution < -0.4 is 11.1 Å². The molecule has 2 rings (SSSR count). The van der Waals surface area contributed by atoms with Crippen LogP contribution in [0, 0.1) is 6.92 Å². The van der Waals surface area contributed by atoms with Crippen molar-refractivity contribution in [2.45, 2.75) is 6.92 Å². The van der Waals surface area contributed by atoms with Crippen molar-refractivity contribution in [3.63, 3.8) is 0 Å². The second-order valence-corrected chi connectivity index (χ2v) is 3.59. The zero-order chi connectivity index (χ0) is 12.4. The minimum absolute atomic E-state index is 0.174. The highest BCUT2D eigenvalue weighted by atomic mass is 16.1. The number of aryl methyl sites for hydroxylation is 2. The summed E-state index contributed by atoms with van der Waals surface area (Å²) in [5, 5.41) is 6.81. The molecule has 0 aliphatic carbocycles. The smallest absolute Gasteiger partial charge is 0.276 e. The summed E-state index contributed by atoms with van der Waals surface area (Å²) in [5.74, 6) is -0.151. The molecule has 2 heterocycles. The fourth-order valence-corrected chi connectivity index (χ4v) is 1.40. The highest BCUT2D eigenvalue weighted by Gasteiger charge is 2.11. The van der Waals surface area contributed by atoms with Gasteiger partial charge in [0.2, 0.25) is 0 Å². The van der Waals surface area contributed by atoms with Gasteiger partial charge in [-0.25, -0.2) is 4.98 Å². The number of amides is 1. The van der Waals surface area contributed by atoms with Crippen LogP contribution in [0.2, 0.25) is 0 Å². The second-order valence-electron chi connectivity index (χ2n) is 3.59. The number of anilines is 2. The zero-order valence-electron chi connectivity index (χ0n) is 9.51. The summed E-state index contributed by atoms with van der Waals surface area (Å²) in [4.78, 5) is 19.5. The van der Waals surface area contributed by atoms with Crippen LogP contribution in [0.3, 0.4) is 0 Å². The third-order valence-electron chi connectivity index (χ3n) is 2.15. The topological polar surface area (TPSA) is 98.7 Å². The molecule has 0 unspecified atom stereocenters. The molecule has 2 aromatic heterocycles. The van der Waals surface area contributed by atoms with E-state index in [2.05, 4.69) is 20.4 Å². The number of nitrogens with zero attached hydrogens (tertiary/aromatic N) is 4. The highest BCUT2D eigenvalue weighted by molar-refractivity contribution is 6.03. The molecule has 0 aromatic carbocycles. The molecule has 2 aromatic rings. The molecule has 3 N–H and O–H groups in total. The Labute approximate surface area is 97.7 Å². The minimum atomic E-state index is -0.360. The third-order valence-corrected chi connectivity index (χ3v) is 2.15. The number of carbonyl (C=O) groups excluding carboxylic acids is 1. The first-order chi connectivity index (χ1) is 8.06. The average Bonchev–Trinajstić information content (AvgIpc) is 2.57. The summed E-state index contributed by atoms with van der Waals surface area (Å²) in [6, 6.07) is 0. The Kier molecular flexibility index (Phi) is 2.73. The average molecular weight is 232 g/mol. The van der Waals surface area contributed by atoms with Gasteiger partial charge in [-0.05, 0) is 6.92 Å². The summed E-state index contributed by atoms with van der Waals surface area (Å²) < 4.78 is 1.62. The maximum absolute atomic E-state index is 11.8. The third kappa shape index (κ3) is 2.39. The van der Waals surface area contributed by atoms with Crippen LogP contribution in [0.5, 0.6) is 0 Å². The van der Waals surface area contributed by atoms with Crippen molar-refractivity contribution in [1.29, 1.82) is 0 Å². The molecule has 88 valence electrons. The van der Waals surface area contributed by atoms with Gasteiger partial charge in [-0.3, -0.25) is 14.5 Å². The predicted molar refractivity (Wildman–Crippen MR) is 62.3 cm³/mol. The van der Waals surface area contributed by atoms with Crippen LogP contribution in [0.1, 0.15) is 16.2 Å². The van der Waals surface area contributed by atoms with E-state index in [1.807, 2.05) is 0 Å². The van der Waals surface area contributed by atoms with E-state index >= 15 is 0 Å². The fourth-order valence-electron chi connectivity index (χ4n) is 1.40. The first-order valence-electron chi connectivity index (χ1n) is 4.95. The van der Waals surface area contributed by atoms with Gasteiger partial charge < -0.3 is 11.1 Å². The molecular formula is C10H12N6O. The largest absolute Gasteiger partial charge is 0.382 e. The van der Waals surface area contributed by atoms with E-state index < -0.39 is 0 Å². The van der Waals surface area contributed by atoms with Gasteiger partial charge in [-0.1, -0.05) is 0 Å². The summed E-state index contributed by atoms with van der Waals surface area (Å²) in [7, 11) is 1.78. The van der Waals surface area contributed by atoms with Crippen LogP contribution in [-0.4, -0.2) is 25.7 Å². The molecule has 7 nitrogen and oxygen atoms in total. The quantitative estimate of drug-likeness (QED) is 0.778. The second kappa shape index (κ2) is 4.20. The predicted octanol–water partition coefficient (Wildman–Crippen LogP) is 0.353. The lowest BCUT2D eigenvalue weighted by molar-refractivity contribution is 0.102. The first kappa shape index (κ1) is 11.1. The fraction of sp³-hybridized carbons (Fsp3) is 0.200. The van der Waals surface area contributed by atoms with E-state index in [0.717, 1.165) is 5.69 Å². The van der Waals surface area contributed by atoms with E-state index in [9.17, 15) is 4.79 Å². The van der Waals surface area contributed by atoms with Crippen molar-refractivity contribution in [3.8, 4) is 0 Å². The molecule has 0 bridgehead atoms. The number of nitrogen functional groups attached to an aromatic ring is 1. The van der Waals surface area contributed by atoms with Gasteiger partial charge in [0.05, 0.1) is 23.8 Å². The van der Waals surface area contributed by atoms with Gasteiger partial charge in [-0.15, -0.1) is 0 Å². The molecule has 0 radical (unpaired) electrons. The van der Waals surface area contributed by atoms with Crippen LogP contribution >= 0.6 is 0 Å². The lowest BCUT2D eigenvalue weighted by atomic mass is 10.3. The van der Waals surface area contributed by atoms with Gasteiger partial charge in [0.1, 0.15) is 11.5 Å². The Morgan fingerprint density at radius 3 is 2.82 bits per heavy atom. The van der Waals surface area contributed by atoms with Crippen LogP contribution in [-0.2, 0) is 7.05 Å². The van der Waals surface area contributed by atoms with E-state index in [0.29, 0.717) is 5.69 Å². The number of aromatic nitrogens is 4. The number of hydrogen-bond donors (Lipinski definition) is 2. The molecule has 0 aliphatic rings. The standard InChI is InChI=1S/C10H12N6O/c1-6-8(5-16(2)15-6)14-10(17)7-3-12-4-9(11)13-7/h3-5H,1-2H3,(H2,11,13)(H,14,17). The first-order valence-corrected chi connectivity index (χ1v) is 4.95. The van der Waals surface area contributed by atoms with Gasteiger partial charge >= 0.3 is 0 Å². The van der Waals surface area contributed by atoms with E-state index in [1.165, 1.54) is 12.4 Å². The number of nitrogens with one attached hydrogen (secondary N) is 1. The number of rotatable bonds is 2. The minimum Gasteiger partial charge on any atom is -0.382 e. The zero-order valence-corrected chi connectivity index (χ0v) is 9.51.